The zero-order valence-corrected chi connectivity index (χ0v) is 12.8. The van der Waals surface area contributed by atoms with Crippen molar-refractivity contribution in [2.24, 2.45) is 0 Å². The maximum Gasteiger partial charge on any atom is 0.318 e. The highest BCUT2D eigenvalue weighted by atomic mass is 32.2. The fraction of sp³-hybridized carbons (Fsp3) is 0.846. The van der Waals surface area contributed by atoms with Gasteiger partial charge in [0.1, 0.15) is 6.54 Å². The average Bonchev–Trinajstić information content (AvgIpc) is 2.71. The summed E-state index contributed by atoms with van der Waals surface area (Å²) in [6.07, 6.45) is 2.52. The van der Waals surface area contributed by atoms with Gasteiger partial charge in [-0.1, -0.05) is 6.92 Å². The molecule has 2 aliphatic rings. The van der Waals surface area contributed by atoms with Gasteiger partial charge in [0.2, 0.25) is 5.91 Å². The van der Waals surface area contributed by atoms with Gasteiger partial charge < -0.3 is 15.1 Å². The molecule has 0 bridgehead atoms. The minimum atomic E-state index is -0.802. The van der Waals surface area contributed by atoms with Crippen LogP contribution in [0.4, 0.5) is 4.79 Å². The molecule has 7 heteroatoms. The summed E-state index contributed by atoms with van der Waals surface area (Å²) in [6.45, 7) is 4.29. The van der Waals surface area contributed by atoms with Gasteiger partial charge in [0.25, 0.3) is 0 Å². The molecule has 2 aliphatic heterocycles. The first-order valence-electron chi connectivity index (χ1n) is 7.28. The van der Waals surface area contributed by atoms with Gasteiger partial charge in [-0.15, -0.1) is 0 Å². The largest absolute Gasteiger partial charge is 0.341 e. The van der Waals surface area contributed by atoms with Gasteiger partial charge in [-0.25, -0.2) is 4.79 Å². The van der Waals surface area contributed by atoms with Crippen LogP contribution in [0, 0.1) is 0 Å². The summed E-state index contributed by atoms with van der Waals surface area (Å²) in [4.78, 5) is 27.6. The molecular weight excluding hydrogens is 278 g/mol. The van der Waals surface area contributed by atoms with Crippen molar-refractivity contribution in [2.45, 2.75) is 32.2 Å². The molecule has 0 aromatic carbocycles. The second-order valence-electron chi connectivity index (χ2n) is 5.40. The molecule has 0 radical (unpaired) electrons. The number of nitrogens with one attached hydrogen (secondary N) is 1. The van der Waals surface area contributed by atoms with E-state index >= 15 is 0 Å². The summed E-state index contributed by atoms with van der Waals surface area (Å²) in [6, 6.07) is -0.200. The fourth-order valence-corrected chi connectivity index (χ4v) is 4.06. The van der Waals surface area contributed by atoms with Gasteiger partial charge in [0, 0.05) is 48.0 Å². The van der Waals surface area contributed by atoms with Crippen molar-refractivity contribution in [2.75, 3.05) is 37.7 Å². The lowest BCUT2D eigenvalue weighted by Gasteiger charge is -2.23. The van der Waals surface area contributed by atoms with E-state index in [0.29, 0.717) is 18.1 Å². The average molecular weight is 301 g/mol. The smallest absolute Gasteiger partial charge is 0.318 e. The van der Waals surface area contributed by atoms with E-state index in [1.165, 1.54) is 0 Å². The maximum atomic E-state index is 12.2. The number of hydrogen-bond acceptors (Lipinski definition) is 3. The van der Waals surface area contributed by atoms with E-state index in [0.717, 1.165) is 32.4 Å². The zero-order valence-electron chi connectivity index (χ0n) is 12.0. The van der Waals surface area contributed by atoms with Gasteiger partial charge in [0.05, 0.1) is 0 Å². The van der Waals surface area contributed by atoms with E-state index in [4.69, 9.17) is 0 Å². The molecule has 20 heavy (non-hydrogen) atoms. The number of hydrogen-bond donors (Lipinski definition) is 1. The highest BCUT2D eigenvalue weighted by Gasteiger charge is 2.28. The summed E-state index contributed by atoms with van der Waals surface area (Å²) in [5.74, 6) is 1.22. The van der Waals surface area contributed by atoms with E-state index in [-0.39, 0.29) is 24.5 Å². The number of urea groups is 1. The van der Waals surface area contributed by atoms with E-state index in [2.05, 4.69) is 5.32 Å². The summed E-state index contributed by atoms with van der Waals surface area (Å²) in [5.41, 5.74) is 0. The van der Waals surface area contributed by atoms with Gasteiger partial charge in [-0.2, -0.15) is 0 Å². The standard InChI is InChI=1S/C13H23N3O3S/c1-2-5-15-6-3-7-16(9-12(15)17)13(18)14-11-4-8-20(19)10-11/h11H,2-10H2,1H3,(H,14,18)/t11-,20-/m1/s1. The minimum Gasteiger partial charge on any atom is -0.341 e. The van der Waals surface area contributed by atoms with E-state index < -0.39 is 10.8 Å². The first-order chi connectivity index (χ1) is 9.60. The van der Waals surface area contributed by atoms with Gasteiger partial charge in [-0.3, -0.25) is 9.00 Å². The Bertz CT molecular complexity index is 402. The molecule has 0 aliphatic carbocycles. The molecule has 0 aromatic rings. The lowest BCUT2D eigenvalue weighted by molar-refractivity contribution is -0.130. The molecule has 2 atom stereocenters. The molecule has 2 fully saturated rings. The summed E-state index contributed by atoms with van der Waals surface area (Å²) < 4.78 is 11.3. The number of carbonyl (C=O) groups is 2. The Morgan fingerprint density at radius 2 is 2.25 bits per heavy atom. The van der Waals surface area contributed by atoms with Crippen LogP contribution in [-0.2, 0) is 15.6 Å². The molecule has 2 saturated heterocycles. The van der Waals surface area contributed by atoms with Crippen molar-refractivity contribution in [1.29, 1.82) is 0 Å². The third-order valence-corrected chi connectivity index (χ3v) is 5.19. The zero-order chi connectivity index (χ0) is 14.5. The third kappa shape index (κ3) is 3.94. The molecular formula is C13H23N3O3S. The maximum absolute atomic E-state index is 12.2. The van der Waals surface area contributed by atoms with Gasteiger partial charge >= 0.3 is 6.03 Å². The molecule has 0 spiro atoms. The quantitative estimate of drug-likeness (QED) is 0.807. The summed E-state index contributed by atoms with van der Waals surface area (Å²) in [7, 11) is -0.802. The number of nitrogens with zero attached hydrogens (tertiary/aromatic N) is 2. The Kier molecular flexibility index (Phi) is 5.39. The Balaban J connectivity index is 1.87. The molecule has 0 unspecified atom stereocenters. The highest BCUT2D eigenvalue weighted by Crippen LogP contribution is 2.10. The molecule has 3 amide bonds. The van der Waals surface area contributed by atoms with Crippen LogP contribution in [0.15, 0.2) is 0 Å². The van der Waals surface area contributed by atoms with Crippen molar-refractivity contribution in [1.82, 2.24) is 15.1 Å². The highest BCUT2D eigenvalue weighted by molar-refractivity contribution is 7.85. The van der Waals surface area contributed by atoms with Gasteiger partial charge in [-0.05, 0) is 19.3 Å². The fourth-order valence-electron chi connectivity index (χ4n) is 2.64. The van der Waals surface area contributed by atoms with Crippen molar-refractivity contribution >= 4 is 22.7 Å². The van der Waals surface area contributed by atoms with Crippen molar-refractivity contribution < 1.29 is 13.8 Å². The van der Waals surface area contributed by atoms with Gasteiger partial charge in [0.15, 0.2) is 0 Å². The number of carbonyl (C=O) groups excluding carboxylic acids is 2. The number of amides is 3. The van der Waals surface area contributed by atoms with Crippen molar-refractivity contribution in [3.8, 4) is 0 Å². The summed E-state index contributed by atoms with van der Waals surface area (Å²) in [5, 5.41) is 2.90. The summed E-state index contributed by atoms with van der Waals surface area (Å²) >= 11 is 0. The Morgan fingerprint density at radius 3 is 2.90 bits per heavy atom. The van der Waals surface area contributed by atoms with Crippen LogP contribution in [0.1, 0.15) is 26.2 Å². The second-order valence-corrected chi connectivity index (χ2v) is 7.02. The van der Waals surface area contributed by atoms with E-state index in [9.17, 15) is 13.8 Å². The molecule has 6 nitrogen and oxygen atoms in total. The predicted molar refractivity (Wildman–Crippen MR) is 77.9 cm³/mol. The molecule has 2 rings (SSSR count). The Morgan fingerprint density at radius 1 is 1.45 bits per heavy atom. The number of rotatable bonds is 3. The Hall–Kier alpha value is -1.11. The van der Waals surface area contributed by atoms with Crippen LogP contribution < -0.4 is 5.32 Å². The van der Waals surface area contributed by atoms with Crippen molar-refractivity contribution in [3.05, 3.63) is 0 Å². The van der Waals surface area contributed by atoms with Crippen LogP contribution in [0.5, 0.6) is 0 Å². The predicted octanol–water partition coefficient (Wildman–Crippen LogP) is 0.161. The van der Waals surface area contributed by atoms with Crippen LogP contribution in [0.25, 0.3) is 0 Å². The second kappa shape index (κ2) is 7.06. The monoisotopic (exact) mass is 301 g/mol. The van der Waals surface area contributed by atoms with E-state index in [1.54, 1.807) is 4.90 Å². The lowest BCUT2D eigenvalue weighted by atomic mass is 10.3. The SMILES string of the molecule is CCCN1CCCN(C(=O)N[C@@H]2CC[S@@](=O)C2)CC1=O. The first-order valence-corrected chi connectivity index (χ1v) is 8.77. The molecule has 1 N–H and O–H groups in total. The molecule has 114 valence electrons. The van der Waals surface area contributed by atoms with Crippen molar-refractivity contribution in [3.63, 3.8) is 0 Å². The minimum absolute atomic E-state index is 0.00608. The van der Waals surface area contributed by atoms with E-state index in [1.807, 2.05) is 11.8 Å². The van der Waals surface area contributed by atoms with Crippen LogP contribution in [0.2, 0.25) is 0 Å². The molecule has 2 heterocycles. The lowest BCUT2D eigenvalue weighted by Crippen LogP contribution is -2.47. The molecule has 0 saturated carbocycles. The third-order valence-electron chi connectivity index (χ3n) is 3.72. The first kappa shape index (κ1) is 15.3. The molecule has 0 aromatic heterocycles. The van der Waals surface area contributed by atoms with Crippen LogP contribution in [0.3, 0.4) is 0 Å². The Labute approximate surface area is 122 Å². The normalized spacial score (nSPS) is 27.6. The van der Waals surface area contributed by atoms with Crippen LogP contribution >= 0.6 is 0 Å². The topological polar surface area (TPSA) is 69.7 Å². The van der Waals surface area contributed by atoms with Crippen LogP contribution in [-0.4, -0.2) is 69.7 Å².